The van der Waals surface area contributed by atoms with E-state index in [0.29, 0.717) is 46.5 Å². The molecule has 1 aliphatic rings. The smallest absolute Gasteiger partial charge is 0.410 e. The SMILES string of the molecule is O=C(O)Cc1ccc(OCCF)c(-c2ccc(F)c3c2CN(C(=O)OCc2ccccc2)CC3)c1. The Hall–Kier alpha value is -3.94. The van der Waals surface area contributed by atoms with Gasteiger partial charge in [0.15, 0.2) is 0 Å². The molecular formula is C27H25F2NO5. The Morgan fingerprint density at radius 1 is 0.971 bits per heavy atom. The van der Waals surface area contributed by atoms with E-state index in [1.54, 1.807) is 24.3 Å². The number of carboxylic acid groups (broad SMARTS) is 1. The average Bonchev–Trinajstić information content (AvgIpc) is 2.87. The quantitative estimate of drug-likeness (QED) is 0.481. The first-order valence-electron chi connectivity index (χ1n) is 11.3. The van der Waals surface area contributed by atoms with E-state index in [1.165, 1.54) is 11.0 Å². The highest BCUT2D eigenvalue weighted by Crippen LogP contribution is 2.38. The summed E-state index contributed by atoms with van der Waals surface area (Å²) >= 11 is 0. The van der Waals surface area contributed by atoms with E-state index in [2.05, 4.69) is 0 Å². The monoisotopic (exact) mass is 481 g/mol. The summed E-state index contributed by atoms with van der Waals surface area (Å²) in [5.74, 6) is -1.02. The molecule has 8 heteroatoms. The van der Waals surface area contributed by atoms with Gasteiger partial charge in [-0.1, -0.05) is 42.5 Å². The molecule has 0 saturated carbocycles. The van der Waals surface area contributed by atoms with Gasteiger partial charge in [0, 0.05) is 18.7 Å². The second-order valence-electron chi connectivity index (χ2n) is 8.20. The summed E-state index contributed by atoms with van der Waals surface area (Å²) in [4.78, 5) is 25.5. The van der Waals surface area contributed by atoms with Crippen LogP contribution in [0.3, 0.4) is 0 Å². The van der Waals surface area contributed by atoms with Gasteiger partial charge in [0.25, 0.3) is 0 Å². The fourth-order valence-corrected chi connectivity index (χ4v) is 4.20. The zero-order chi connectivity index (χ0) is 24.8. The number of hydrogen-bond donors (Lipinski definition) is 1. The van der Waals surface area contributed by atoms with Gasteiger partial charge in [-0.05, 0) is 52.4 Å². The molecule has 1 N–H and O–H groups in total. The molecule has 0 aliphatic carbocycles. The maximum absolute atomic E-state index is 14.7. The number of ether oxygens (including phenoxy) is 2. The van der Waals surface area contributed by atoms with Crippen LogP contribution in [0.25, 0.3) is 11.1 Å². The summed E-state index contributed by atoms with van der Waals surface area (Å²) in [5, 5.41) is 9.21. The molecule has 0 atom stereocenters. The van der Waals surface area contributed by atoms with Crippen LogP contribution in [-0.4, -0.2) is 41.9 Å². The molecule has 0 spiro atoms. The molecule has 182 valence electrons. The van der Waals surface area contributed by atoms with Crippen LogP contribution in [0.5, 0.6) is 5.75 Å². The molecular weight excluding hydrogens is 456 g/mol. The molecule has 0 bridgehead atoms. The highest BCUT2D eigenvalue weighted by molar-refractivity contribution is 5.78. The number of aliphatic carboxylic acids is 1. The summed E-state index contributed by atoms with van der Waals surface area (Å²) in [6, 6.07) is 17.1. The van der Waals surface area contributed by atoms with Crippen molar-refractivity contribution < 1.29 is 33.0 Å². The Balaban J connectivity index is 1.65. The Morgan fingerprint density at radius 3 is 2.51 bits per heavy atom. The predicted octanol–water partition coefficient (Wildman–Crippen LogP) is 5.16. The molecule has 6 nitrogen and oxygen atoms in total. The van der Waals surface area contributed by atoms with Gasteiger partial charge in [0.05, 0.1) is 6.42 Å². The van der Waals surface area contributed by atoms with Crippen LogP contribution in [0, 0.1) is 5.82 Å². The van der Waals surface area contributed by atoms with Crippen LogP contribution in [0.15, 0.2) is 60.7 Å². The molecule has 3 aromatic rings. The summed E-state index contributed by atoms with van der Waals surface area (Å²) in [6.45, 7) is -0.337. The van der Waals surface area contributed by atoms with Gasteiger partial charge in [-0.3, -0.25) is 4.79 Å². The largest absolute Gasteiger partial charge is 0.490 e. The number of benzene rings is 3. The lowest BCUT2D eigenvalue weighted by Gasteiger charge is -2.30. The lowest BCUT2D eigenvalue weighted by molar-refractivity contribution is -0.136. The topological polar surface area (TPSA) is 76.1 Å². The molecule has 4 rings (SSSR count). The second kappa shape index (κ2) is 11.0. The van der Waals surface area contributed by atoms with E-state index in [4.69, 9.17) is 9.47 Å². The highest BCUT2D eigenvalue weighted by Gasteiger charge is 2.27. The third-order valence-electron chi connectivity index (χ3n) is 5.84. The number of amides is 1. The van der Waals surface area contributed by atoms with Gasteiger partial charge in [0.2, 0.25) is 0 Å². The minimum atomic E-state index is -0.998. The zero-order valence-electron chi connectivity index (χ0n) is 19.0. The Labute approximate surface area is 201 Å². The third kappa shape index (κ3) is 5.77. The molecule has 1 heterocycles. The maximum atomic E-state index is 14.7. The van der Waals surface area contributed by atoms with Crippen LogP contribution in [0.2, 0.25) is 0 Å². The fraction of sp³-hybridized carbons (Fsp3) is 0.259. The third-order valence-corrected chi connectivity index (χ3v) is 5.84. The van der Waals surface area contributed by atoms with Crippen molar-refractivity contribution in [3.63, 3.8) is 0 Å². The van der Waals surface area contributed by atoms with Gasteiger partial charge in [-0.25, -0.2) is 13.6 Å². The first-order chi connectivity index (χ1) is 17.0. The standard InChI is InChI=1S/C27H25F2NO5/c28-11-13-34-25-9-6-19(15-26(31)32)14-22(25)20-7-8-24(29)21-10-12-30(16-23(20)21)27(33)35-17-18-4-2-1-3-5-18/h1-9,14H,10-13,15-17H2,(H,31,32). The second-order valence-corrected chi connectivity index (χ2v) is 8.20. The van der Waals surface area contributed by atoms with E-state index in [0.717, 1.165) is 5.56 Å². The summed E-state index contributed by atoms with van der Waals surface area (Å²) in [6.07, 6.45) is -0.425. The molecule has 0 radical (unpaired) electrons. The molecule has 0 fully saturated rings. The van der Waals surface area contributed by atoms with Crippen LogP contribution in [0.4, 0.5) is 13.6 Å². The number of carbonyl (C=O) groups is 2. The van der Waals surface area contributed by atoms with Crippen LogP contribution >= 0.6 is 0 Å². The van der Waals surface area contributed by atoms with Crippen molar-refractivity contribution >= 4 is 12.1 Å². The first kappa shape index (κ1) is 24.2. The van der Waals surface area contributed by atoms with Crippen molar-refractivity contribution in [2.24, 2.45) is 0 Å². The average molecular weight is 481 g/mol. The van der Waals surface area contributed by atoms with Crippen molar-refractivity contribution in [3.8, 4) is 16.9 Å². The lowest BCUT2D eigenvalue weighted by Crippen LogP contribution is -2.37. The van der Waals surface area contributed by atoms with Gasteiger partial charge < -0.3 is 19.5 Å². The van der Waals surface area contributed by atoms with E-state index in [1.807, 2.05) is 30.3 Å². The molecule has 1 amide bonds. The number of carboxylic acids is 1. The summed E-state index contributed by atoms with van der Waals surface area (Å²) in [5.41, 5.74) is 3.57. The van der Waals surface area contributed by atoms with Gasteiger partial charge in [-0.15, -0.1) is 0 Å². The van der Waals surface area contributed by atoms with E-state index >= 15 is 0 Å². The van der Waals surface area contributed by atoms with Crippen molar-refractivity contribution in [1.82, 2.24) is 4.90 Å². The normalized spacial score (nSPS) is 12.7. The molecule has 3 aromatic carbocycles. The number of carbonyl (C=O) groups excluding carboxylic acids is 1. The van der Waals surface area contributed by atoms with E-state index < -0.39 is 18.7 Å². The number of nitrogens with zero attached hydrogens (tertiary/aromatic N) is 1. The number of alkyl halides is 1. The van der Waals surface area contributed by atoms with E-state index in [9.17, 15) is 23.5 Å². The molecule has 35 heavy (non-hydrogen) atoms. The predicted molar refractivity (Wildman–Crippen MR) is 125 cm³/mol. The Kier molecular flexibility index (Phi) is 7.60. The number of hydrogen-bond acceptors (Lipinski definition) is 4. The first-order valence-corrected chi connectivity index (χ1v) is 11.3. The molecule has 0 saturated heterocycles. The highest BCUT2D eigenvalue weighted by atomic mass is 19.1. The Bertz CT molecular complexity index is 1220. The lowest BCUT2D eigenvalue weighted by atomic mass is 9.89. The number of fused-ring (bicyclic) bond motifs is 1. The van der Waals surface area contributed by atoms with Crippen molar-refractivity contribution in [2.75, 3.05) is 19.8 Å². The minimum Gasteiger partial charge on any atom is -0.490 e. The fourth-order valence-electron chi connectivity index (χ4n) is 4.20. The Morgan fingerprint density at radius 2 is 1.77 bits per heavy atom. The van der Waals surface area contributed by atoms with Crippen LogP contribution in [-0.2, 0) is 35.5 Å². The van der Waals surface area contributed by atoms with E-state index in [-0.39, 0.29) is 32.0 Å². The number of halogens is 2. The van der Waals surface area contributed by atoms with Crippen LogP contribution < -0.4 is 4.74 Å². The van der Waals surface area contributed by atoms with Gasteiger partial charge >= 0.3 is 12.1 Å². The van der Waals surface area contributed by atoms with Crippen LogP contribution in [0.1, 0.15) is 22.3 Å². The maximum Gasteiger partial charge on any atom is 0.410 e. The van der Waals surface area contributed by atoms with Gasteiger partial charge in [-0.2, -0.15) is 0 Å². The molecule has 0 unspecified atom stereocenters. The summed E-state index contributed by atoms with van der Waals surface area (Å²) in [7, 11) is 0. The van der Waals surface area contributed by atoms with Gasteiger partial charge in [0.1, 0.15) is 31.5 Å². The summed E-state index contributed by atoms with van der Waals surface area (Å²) < 4.78 is 38.6. The van der Waals surface area contributed by atoms with Crippen molar-refractivity contribution in [1.29, 1.82) is 0 Å². The minimum absolute atomic E-state index is 0.113. The molecule has 0 aromatic heterocycles. The van der Waals surface area contributed by atoms with Crippen molar-refractivity contribution in [3.05, 3.63) is 88.7 Å². The van der Waals surface area contributed by atoms with Crippen molar-refractivity contribution in [2.45, 2.75) is 26.0 Å². The zero-order valence-corrected chi connectivity index (χ0v) is 19.0. The molecule has 1 aliphatic heterocycles. The number of rotatable bonds is 8.